The number of benzene rings is 3. The van der Waals surface area contributed by atoms with E-state index in [4.69, 9.17) is 38.1 Å². The van der Waals surface area contributed by atoms with Gasteiger partial charge in [-0.05, 0) is 58.7 Å². The molecule has 274 valence electrons. The summed E-state index contributed by atoms with van der Waals surface area (Å²) in [6, 6.07) is 11.0. The fourth-order valence-electron chi connectivity index (χ4n) is 5.02. The van der Waals surface area contributed by atoms with Crippen molar-refractivity contribution >= 4 is 52.4 Å². The lowest BCUT2D eigenvalue weighted by molar-refractivity contribution is 0.102. The van der Waals surface area contributed by atoms with Crippen molar-refractivity contribution in [1.82, 2.24) is 0 Å². The number of ether oxygens (including phenoxy) is 2. The van der Waals surface area contributed by atoms with E-state index >= 15 is 0 Å². The van der Waals surface area contributed by atoms with Crippen LogP contribution in [0.25, 0.3) is 0 Å². The molecule has 0 aliphatic carbocycles. The fraction of sp³-hybridized carbons (Fsp3) is 0.459. The number of rotatable bonds is 16. The standard InChI is InChI=1S/C37H55N7O4S2/c1-22-16-23(36(2,3)4)18-28(32(22)49-14-10-40)43-34(45)25-20-26(31(48-13-9-39)21-30(25)47-12-8-38)35(46)44-29-19-24(37(5,6)7)17-27(42)33(29)50-15-11-41/h16-21H,8-15,38-42H2,1-7H3,(H,43,45)(H,44,46). The first-order valence-corrected chi connectivity index (χ1v) is 18.7. The summed E-state index contributed by atoms with van der Waals surface area (Å²) in [5, 5.41) is 6.16. The molecule has 0 aliphatic rings. The molecule has 0 saturated heterocycles. The van der Waals surface area contributed by atoms with Crippen molar-refractivity contribution in [1.29, 1.82) is 0 Å². The molecule has 0 radical (unpaired) electrons. The predicted octanol–water partition coefficient (Wildman–Crippen LogP) is 5.45. The topological polar surface area (TPSA) is 207 Å². The van der Waals surface area contributed by atoms with E-state index in [-0.39, 0.29) is 59.8 Å². The molecule has 3 rings (SSSR count). The van der Waals surface area contributed by atoms with Gasteiger partial charge in [-0.15, -0.1) is 23.5 Å². The SMILES string of the molecule is Cc1cc(C(C)(C)C)cc(NC(=O)c2cc(C(=O)Nc3cc(C(C)(C)C)cc(N)c3SCCN)c(OCCN)cc2OCCN)c1SCCN. The molecule has 0 spiro atoms. The van der Waals surface area contributed by atoms with Gasteiger partial charge in [0.2, 0.25) is 0 Å². The Balaban J connectivity index is 2.19. The maximum atomic E-state index is 14.2. The van der Waals surface area contributed by atoms with Gasteiger partial charge in [0.1, 0.15) is 24.7 Å². The summed E-state index contributed by atoms with van der Waals surface area (Å²) in [5.41, 5.74) is 34.3. The van der Waals surface area contributed by atoms with Crippen LogP contribution in [0.5, 0.6) is 11.5 Å². The smallest absolute Gasteiger partial charge is 0.259 e. The van der Waals surface area contributed by atoms with Crippen LogP contribution in [0.15, 0.2) is 46.2 Å². The molecule has 0 aliphatic heterocycles. The van der Waals surface area contributed by atoms with E-state index in [1.807, 2.05) is 25.1 Å². The summed E-state index contributed by atoms with van der Waals surface area (Å²) in [5.74, 6) is 0.738. The van der Waals surface area contributed by atoms with Gasteiger partial charge < -0.3 is 48.8 Å². The highest BCUT2D eigenvalue weighted by molar-refractivity contribution is 7.99. The van der Waals surface area contributed by atoms with Crippen LogP contribution in [0, 0.1) is 6.92 Å². The summed E-state index contributed by atoms with van der Waals surface area (Å²) in [7, 11) is 0. The van der Waals surface area contributed by atoms with Gasteiger partial charge in [0.05, 0.1) is 27.4 Å². The summed E-state index contributed by atoms with van der Waals surface area (Å²) < 4.78 is 11.9. The number of hydrogen-bond acceptors (Lipinski definition) is 11. The Morgan fingerprint density at radius 1 is 0.640 bits per heavy atom. The minimum Gasteiger partial charge on any atom is -0.491 e. The maximum Gasteiger partial charge on any atom is 0.259 e. The van der Waals surface area contributed by atoms with Crippen LogP contribution >= 0.6 is 23.5 Å². The minimum atomic E-state index is -0.499. The van der Waals surface area contributed by atoms with Gasteiger partial charge >= 0.3 is 0 Å². The van der Waals surface area contributed by atoms with Crippen molar-refractivity contribution < 1.29 is 19.1 Å². The van der Waals surface area contributed by atoms with E-state index in [0.29, 0.717) is 46.6 Å². The van der Waals surface area contributed by atoms with Crippen LogP contribution in [0.1, 0.15) is 78.9 Å². The molecular weight excluding hydrogens is 671 g/mol. The Bertz CT molecular complexity index is 1540. The van der Waals surface area contributed by atoms with Gasteiger partial charge in [-0.2, -0.15) is 0 Å². The average Bonchev–Trinajstić information content (AvgIpc) is 3.04. The average molecular weight is 726 g/mol. The molecule has 0 bridgehead atoms. The lowest BCUT2D eigenvalue weighted by Gasteiger charge is -2.24. The molecule has 0 saturated carbocycles. The molecule has 50 heavy (non-hydrogen) atoms. The molecule has 0 unspecified atom stereocenters. The second-order valence-corrected chi connectivity index (χ2v) is 16.1. The number of aryl methyl sites for hydroxylation is 1. The van der Waals surface area contributed by atoms with E-state index < -0.39 is 11.8 Å². The zero-order chi connectivity index (χ0) is 37.2. The second-order valence-electron chi connectivity index (χ2n) is 13.9. The zero-order valence-corrected chi connectivity index (χ0v) is 32.1. The van der Waals surface area contributed by atoms with Gasteiger partial charge in [0.15, 0.2) is 0 Å². The molecule has 12 N–H and O–H groups in total. The van der Waals surface area contributed by atoms with Crippen molar-refractivity contribution in [3.05, 3.63) is 64.2 Å². The molecule has 0 atom stereocenters. The lowest BCUT2D eigenvalue weighted by atomic mass is 9.86. The Kier molecular flexibility index (Phi) is 14.9. The van der Waals surface area contributed by atoms with Crippen molar-refractivity contribution in [3.63, 3.8) is 0 Å². The van der Waals surface area contributed by atoms with E-state index in [1.165, 1.54) is 17.8 Å². The third-order valence-corrected chi connectivity index (χ3v) is 10.1. The van der Waals surface area contributed by atoms with Crippen LogP contribution in [0.2, 0.25) is 0 Å². The number of carbonyl (C=O) groups excluding carboxylic acids is 2. The Morgan fingerprint density at radius 3 is 1.52 bits per heavy atom. The van der Waals surface area contributed by atoms with Crippen LogP contribution < -0.4 is 48.8 Å². The maximum absolute atomic E-state index is 14.2. The van der Waals surface area contributed by atoms with E-state index in [9.17, 15) is 9.59 Å². The Labute approximate surface area is 305 Å². The molecule has 11 nitrogen and oxygen atoms in total. The Hall–Kier alpha value is -3.46. The van der Waals surface area contributed by atoms with Crippen LogP contribution in [-0.4, -0.2) is 62.7 Å². The third-order valence-electron chi connectivity index (χ3n) is 7.67. The molecule has 2 amide bonds. The van der Waals surface area contributed by atoms with Gasteiger partial charge in [0.25, 0.3) is 11.8 Å². The first kappa shape index (κ1) is 41.0. The number of anilines is 3. The van der Waals surface area contributed by atoms with Crippen molar-refractivity contribution in [2.75, 3.05) is 67.3 Å². The largest absolute Gasteiger partial charge is 0.491 e. The van der Waals surface area contributed by atoms with Crippen LogP contribution in [0.3, 0.4) is 0 Å². The van der Waals surface area contributed by atoms with Gasteiger partial charge in [-0.25, -0.2) is 0 Å². The van der Waals surface area contributed by atoms with Crippen LogP contribution in [0.4, 0.5) is 17.1 Å². The van der Waals surface area contributed by atoms with Gasteiger partial charge in [-0.3, -0.25) is 9.59 Å². The van der Waals surface area contributed by atoms with Crippen molar-refractivity contribution in [3.8, 4) is 11.5 Å². The monoisotopic (exact) mass is 725 g/mol. The number of carbonyl (C=O) groups is 2. The highest BCUT2D eigenvalue weighted by Gasteiger charge is 2.26. The van der Waals surface area contributed by atoms with E-state index in [1.54, 1.807) is 17.8 Å². The number of nitrogen functional groups attached to an aromatic ring is 1. The molecule has 3 aromatic rings. The molecule has 0 heterocycles. The molecule has 13 heteroatoms. The van der Waals surface area contributed by atoms with Crippen LogP contribution in [-0.2, 0) is 10.8 Å². The number of nitrogens with one attached hydrogen (secondary N) is 2. The first-order chi connectivity index (χ1) is 23.5. The van der Waals surface area contributed by atoms with Gasteiger partial charge in [-0.1, -0.05) is 47.6 Å². The number of amides is 2. The minimum absolute atomic E-state index is 0.121. The lowest BCUT2D eigenvalue weighted by Crippen LogP contribution is -2.22. The second kappa shape index (κ2) is 18.2. The Morgan fingerprint density at radius 2 is 1.08 bits per heavy atom. The summed E-state index contributed by atoms with van der Waals surface area (Å²) in [4.78, 5) is 30.1. The highest BCUT2D eigenvalue weighted by Crippen LogP contribution is 2.40. The van der Waals surface area contributed by atoms with Crippen molar-refractivity contribution in [2.24, 2.45) is 22.9 Å². The molecule has 3 aromatic carbocycles. The molecular formula is C37H55N7O4S2. The number of hydrogen-bond donors (Lipinski definition) is 7. The van der Waals surface area contributed by atoms with Crippen molar-refractivity contribution in [2.45, 2.75) is 69.1 Å². The normalized spacial score (nSPS) is 11.7. The van der Waals surface area contributed by atoms with Gasteiger partial charge in [0, 0.05) is 54.3 Å². The predicted molar refractivity (Wildman–Crippen MR) is 210 cm³/mol. The third kappa shape index (κ3) is 10.8. The summed E-state index contributed by atoms with van der Waals surface area (Å²) >= 11 is 3.04. The summed E-state index contributed by atoms with van der Waals surface area (Å²) in [6.45, 7) is 16.2. The van der Waals surface area contributed by atoms with E-state index in [2.05, 4.69) is 58.2 Å². The summed E-state index contributed by atoms with van der Waals surface area (Å²) in [6.07, 6.45) is 0. The first-order valence-electron chi connectivity index (χ1n) is 16.8. The number of nitrogens with two attached hydrogens (primary N) is 5. The highest BCUT2D eigenvalue weighted by atomic mass is 32.2. The quantitative estimate of drug-likeness (QED) is 0.0730. The zero-order valence-electron chi connectivity index (χ0n) is 30.5. The number of thioether (sulfide) groups is 2. The molecule has 0 aromatic heterocycles. The van der Waals surface area contributed by atoms with E-state index in [0.717, 1.165) is 21.6 Å². The fourth-order valence-corrected chi connectivity index (χ4v) is 6.71. The molecule has 0 fully saturated rings.